The van der Waals surface area contributed by atoms with Crippen molar-refractivity contribution in [2.75, 3.05) is 13.1 Å². The standard InChI is InChI=1S/C13H12BrFN2O5/c14-10-6-9(17(21)22)2-1-8(10)5-11(18)16-4-3-13(15,7-16)12(19)20/h1-2,6H,3-5,7H2,(H,19,20). The Morgan fingerprint density at radius 3 is 2.68 bits per heavy atom. The van der Waals surface area contributed by atoms with E-state index in [1.54, 1.807) is 0 Å². The minimum Gasteiger partial charge on any atom is -0.479 e. The molecule has 1 aliphatic rings. The Hall–Kier alpha value is -2.03. The molecule has 22 heavy (non-hydrogen) atoms. The van der Waals surface area contributed by atoms with Crippen molar-refractivity contribution in [3.05, 3.63) is 38.3 Å². The summed E-state index contributed by atoms with van der Waals surface area (Å²) in [5, 5.41) is 19.4. The molecule has 1 unspecified atom stereocenters. The predicted octanol–water partition coefficient (Wildman–Crippen LogP) is 1.93. The molecule has 1 aromatic carbocycles. The number of benzene rings is 1. The summed E-state index contributed by atoms with van der Waals surface area (Å²) in [4.78, 5) is 34.2. The number of carboxylic acid groups (broad SMARTS) is 1. The van der Waals surface area contributed by atoms with Gasteiger partial charge in [0.25, 0.3) is 5.69 Å². The van der Waals surface area contributed by atoms with Crippen molar-refractivity contribution in [2.24, 2.45) is 0 Å². The van der Waals surface area contributed by atoms with Crippen LogP contribution in [-0.2, 0) is 16.0 Å². The number of nitro benzene ring substituents is 1. The van der Waals surface area contributed by atoms with Crippen molar-refractivity contribution in [1.82, 2.24) is 4.90 Å². The number of non-ortho nitro benzene ring substituents is 1. The van der Waals surface area contributed by atoms with E-state index in [4.69, 9.17) is 5.11 Å². The highest BCUT2D eigenvalue weighted by Gasteiger charge is 2.46. The lowest BCUT2D eigenvalue weighted by molar-refractivity contribution is -0.384. The number of amides is 1. The van der Waals surface area contributed by atoms with Crippen molar-refractivity contribution in [3.63, 3.8) is 0 Å². The molecule has 0 aromatic heterocycles. The van der Waals surface area contributed by atoms with Crippen molar-refractivity contribution >= 4 is 33.5 Å². The summed E-state index contributed by atoms with van der Waals surface area (Å²) in [5.41, 5.74) is -2.00. The topological polar surface area (TPSA) is 101 Å². The number of carbonyl (C=O) groups is 2. The van der Waals surface area contributed by atoms with Gasteiger partial charge in [-0.25, -0.2) is 9.18 Å². The minimum absolute atomic E-state index is 0.0340. The molecular weight excluding hydrogens is 363 g/mol. The Balaban J connectivity index is 2.07. The number of rotatable bonds is 4. The highest BCUT2D eigenvalue weighted by Crippen LogP contribution is 2.28. The van der Waals surface area contributed by atoms with Gasteiger partial charge >= 0.3 is 5.97 Å². The molecule has 9 heteroatoms. The summed E-state index contributed by atoms with van der Waals surface area (Å²) in [7, 11) is 0. The van der Waals surface area contributed by atoms with E-state index in [1.807, 2.05) is 0 Å². The van der Waals surface area contributed by atoms with E-state index in [2.05, 4.69) is 15.9 Å². The first-order chi connectivity index (χ1) is 10.2. The van der Waals surface area contributed by atoms with E-state index >= 15 is 0 Å². The molecule has 1 aliphatic heterocycles. The van der Waals surface area contributed by atoms with Gasteiger partial charge in [-0.1, -0.05) is 22.0 Å². The molecule has 0 spiro atoms. The number of halogens is 2. The highest BCUT2D eigenvalue weighted by molar-refractivity contribution is 9.10. The summed E-state index contributed by atoms with van der Waals surface area (Å²) >= 11 is 3.15. The molecule has 1 heterocycles. The lowest BCUT2D eigenvalue weighted by Crippen LogP contribution is -2.39. The van der Waals surface area contributed by atoms with E-state index in [-0.39, 0.29) is 25.1 Å². The molecule has 1 aromatic rings. The first kappa shape index (κ1) is 16.3. The number of nitrogens with zero attached hydrogens (tertiary/aromatic N) is 2. The summed E-state index contributed by atoms with van der Waals surface area (Å²) < 4.78 is 14.3. The Morgan fingerprint density at radius 1 is 1.50 bits per heavy atom. The molecule has 1 amide bonds. The second-order valence-electron chi connectivity index (χ2n) is 5.05. The molecule has 0 bridgehead atoms. The molecule has 0 aliphatic carbocycles. The van der Waals surface area contributed by atoms with Crippen LogP contribution in [0.25, 0.3) is 0 Å². The van der Waals surface area contributed by atoms with Crippen molar-refractivity contribution in [3.8, 4) is 0 Å². The first-order valence-corrected chi connectivity index (χ1v) is 7.15. The van der Waals surface area contributed by atoms with Crippen LogP contribution in [0.2, 0.25) is 0 Å². The summed E-state index contributed by atoms with van der Waals surface area (Å²) in [6.45, 7) is -0.446. The normalized spacial score (nSPS) is 20.9. The number of hydrogen-bond acceptors (Lipinski definition) is 4. The zero-order valence-corrected chi connectivity index (χ0v) is 12.9. The van der Waals surface area contributed by atoms with Crippen LogP contribution in [0.4, 0.5) is 10.1 Å². The van der Waals surface area contributed by atoms with E-state index in [0.717, 1.165) is 4.90 Å². The molecule has 118 valence electrons. The van der Waals surface area contributed by atoms with Gasteiger partial charge < -0.3 is 10.0 Å². The van der Waals surface area contributed by atoms with E-state index < -0.39 is 29.0 Å². The van der Waals surface area contributed by atoms with Crippen LogP contribution in [0.5, 0.6) is 0 Å². The van der Waals surface area contributed by atoms with Gasteiger partial charge in [0.15, 0.2) is 0 Å². The number of alkyl halides is 1. The fraction of sp³-hybridized carbons (Fsp3) is 0.385. The van der Waals surface area contributed by atoms with Crippen molar-refractivity contribution < 1.29 is 24.0 Å². The van der Waals surface area contributed by atoms with Gasteiger partial charge in [0.05, 0.1) is 17.9 Å². The molecule has 1 fully saturated rings. The van der Waals surface area contributed by atoms with E-state index in [9.17, 15) is 24.1 Å². The van der Waals surface area contributed by atoms with Gasteiger partial charge in [-0.2, -0.15) is 0 Å². The van der Waals surface area contributed by atoms with Gasteiger partial charge in [-0.3, -0.25) is 14.9 Å². The number of carboxylic acids is 1. The van der Waals surface area contributed by atoms with E-state index in [1.165, 1.54) is 18.2 Å². The van der Waals surface area contributed by atoms with Crippen LogP contribution in [0.3, 0.4) is 0 Å². The monoisotopic (exact) mass is 374 g/mol. The molecule has 1 atom stereocenters. The van der Waals surface area contributed by atoms with Gasteiger partial charge in [0, 0.05) is 29.6 Å². The molecule has 7 nitrogen and oxygen atoms in total. The molecular formula is C13H12BrFN2O5. The number of likely N-dealkylation sites (tertiary alicyclic amines) is 1. The molecule has 0 radical (unpaired) electrons. The fourth-order valence-electron chi connectivity index (χ4n) is 2.23. The van der Waals surface area contributed by atoms with Crippen LogP contribution in [0.1, 0.15) is 12.0 Å². The zero-order valence-electron chi connectivity index (χ0n) is 11.3. The van der Waals surface area contributed by atoms with Crippen LogP contribution >= 0.6 is 15.9 Å². The van der Waals surface area contributed by atoms with Crippen molar-refractivity contribution in [1.29, 1.82) is 0 Å². The second kappa shape index (κ2) is 5.99. The number of nitro groups is 1. The summed E-state index contributed by atoms with van der Waals surface area (Å²) in [6, 6.07) is 3.99. The lowest BCUT2D eigenvalue weighted by atomic mass is 10.1. The quantitative estimate of drug-likeness (QED) is 0.640. The Kier molecular flexibility index (Phi) is 4.45. The van der Waals surface area contributed by atoms with Crippen molar-refractivity contribution in [2.45, 2.75) is 18.5 Å². The SMILES string of the molecule is O=C(Cc1ccc([N+](=O)[O-])cc1Br)N1CCC(F)(C(=O)O)C1. The third-order valence-electron chi connectivity index (χ3n) is 3.54. The third kappa shape index (κ3) is 3.24. The molecule has 1 saturated heterocycles. The largest absolute Gasteiger partial charge is 0.479 e. The first-order valence-electron chi connectivity index (χ1n) is 6.36. The summed E-state index contributed by atoms with van der Waals surface area (Å²) in [6.07, 6.45) is -0.330. The maximum absolute atomic E-state index is 13.9. The van der Waals surface area contributed by atoms with Gasteiger partial charge in [0.1, 0.15) is 0 Å². The Bertz CT molecular complexity index is 653. The van der Waals surface area contributed by atoms with Crippen LogP contribution in [-0.4, -0.2) is 45.6 Å². The zero-order chi connectivity index (χ0) is 16.5. The lowest BCUT2D eigenvalue weighted by Gasteiger charge is -2.18. The van der Waals surface area contributed by atoms with Crippen LogP contribution in [0.15, 0.2) is 22.7 Å². The van der Waals surface area contributed by atoms with Crippen LogP contribution < -0.4 is 0 Å². The number of carbonyl (C=O) groups excluding carboxylic acids is 1. The Morgan fingerprint density at radius 2 is 2.18 bits per heavy atom. The minimum atomic E-state index is -2.40. The van der Waals surface area contributed by atoms with Gasteiger partial charge in [-0.05, 0) is 5.56 Å². The maximum atomic E-state index is 13.9. The molecule has 0 saturated carbocycles. The maximum Gasteiger partial charge on any atom is 0.343 e. The number of aliphatic carboxylic acids is 1. The highest BCUT2D eigenvalue weighted by atomic mass is 79.9. The Labute approximate surface area is 133 Å². The number of hydrogen-bond donors (Lipinski definition) is 1. The molecule has 2 rings (SSSR count). The van der Waals surface area contributed by atoms with Gasteiger partial charge in [0.2, 0.25) is 11.6 Å². The average Bonchev–Trinajstić information content (AvgIpc) is 2.85. The van der Waals surface area contributed by atoms with Crippen LogP contribution in [0, 0.1) is 10.1 Å². The second-order valence-corrected chi connectivity index (χ2v) is 5.90. The smallest absolute Gasteiger partial charge is 0.343 e. The van der Waals surface area contributed by atoms with Gasteiger partial charge in [-0.15, -0.1) is 0 Å². The predicted molar refractivity (Wildman–Crippen MR) is 77.2 cm³/mol. The average molecular weight is 375 g/mol. The molecule has 1 N–H and O–H groups in total. The van der Waals surface area contributed by atoms with E-state index in [0.29, 0.717) is 10.0 Å². The fourth-order valence-corrected chi connectivity index (χ4v) is 2.74. The summed E-state index contributed by atoms with van der Waals surface area (Å²) in [5.74, 6) is -1.99. The third-order valence-corrected chi connectivity index (χ3v) is 4.28.